The maximum absolute atomic E-state index is 13.6. The van der Waals surface area contributed by atoms with Gasteiger partial charge in [0.25, 0.3) is 0 Å². The zero-order valence-electron chi connectivity index (χ0n) is 20.6. The molecule has 1 aliphatic rings. The maximum Gasteiger partial charge on any atom is 0.308 e. The molecule has 0 radical (unpaired) electrons. The monoisotopic (exact) mass is 469 g/mol. The molecule has 0 spiro atoms. The van der Waals surface area contributed by atoms with Crippen molar-refractivity contribution in [1.29, 1.82) is 0 Å². The number of anilines is 1. The number of nitrogens with zero attached hydrogens (tertiary/aromatic N) is 1. The van der Waals surface area contributed by atoms with Crippen molar-refractivity contribution in [1.82, 2.24) is 0 Å². The Balaban J connectivity index is 1.80. The van der Waals surface area contributed by atoms with E-state index in [1.54, 1.807) is 26.8 Å². The van der Waals surface area contributed by atoms with Crippen LogP contribution < -0.4 is 4.90 Å². The summed E-state index contributed by atoms with van der Waals surface area (Å²) in [6.45, 7) is 9.54. The highest BCUT2D eigenvalue weighted by molar-refractivity contribution is 5.70. The summed E-state index contributed by atoms with van der Waals surface area (Å²) in [5.74, 6) is -0.809. The van der Waals surface area contributed by atoms with Crippen LogP contribution in [0.1, 0.15) is 64.5 Å². The third-order valence-electron chi connectivity index (χ3n) is 5.86. The lowest BCUT2D eigenvalue weighted by Gasteiger charge is -2.32. The van der Waals surface area contributed by atoms with Crippen LogP contribution in [0.4, 0.5) is 10.1 Å². The van der Waals surface area contributed by atoms with Crippen molar-refractivity contribution in [2.24, 2.45) is 0 Å². The molecule has 0 aliphatic carbocycles. The van der Waals surface area contributed by atoms with Gasteiger partial charge in [-0.25, -0.2) is 4.39 Å². The number of carbonyl (C=O) groups excluding carboxylic acids is 1. The average Bonchev–Trinajstić information content (AvgIpc) is 3.05. The normalized spacial score (nSPS) is 20.0. The minimum absolute atomic E-state index is 0.0261. The molecule has 2 N–H and O–H groups in total. The lowest BCUT2D eigenvalue weighted by Crippen LogP contribution is -2.38. The summed E-state index contributed by atoms with van der Waals surface area (Å²) in [7, 11) is 0. The van der Waals surface area contributed by atoms with E-state index in [1.165, 1.54) is 12.1 Å². The summed E-state index contributed by atoms with van der Waals surface area (Å²) in [6, 6.07) is 14.8. The fourth-order valence-electron chi connectivity index (χ4n) is 4.62. The molecular formula is C28H36FNO4. The highest BCUT2D eigenvalue weighted by Crippen LogP contribution is 2.46. The van der Waals surface area contributed by atoms with Crippen LogP contribution in [0.3, 0.4) is 0 Å². The van der Waals surface area contributed by atoms with Crippen molar-refractivity contribution in [2.45, 2.75) is 83.3 Å². The van der Waals surface area contributed by atoms with E-state index in [9.17, 15) is 19.4 Å². The van der Waals surface area contributed by atoms with Crippen molar-refractivity contribution in [3.05, 3.63) is 77.6 Å². The van der Waals surface area contributed by atoms with E-state index in [0.29, 0.717) is 0 Å². The molecule has 0 amide bonds. The number of benzene rings is 2. The van der Waals surface area contributed by atoms with Crippen LogP contribution in [0.2, 0.25) is 0 Å². The molecule has 3 rings (SSSR count). The molecule has 6 heteroatoms. The lowest BCUT2D eigenvalue weighted by atomic mass is 9.87. The Labute approximate surface area is 201 Å². The van der Waals surface area contributed by atoms with E-state index in [0.717, 1.165) is 16.8 Å². The summed E-state index contributed by atoms with van der Waals surface area (Å²) >= 11 is 0. The van der Waals surface area contributed by atoms with Gasteiger partial charge in [0, 0.05) is 24.1 Å². The molecule has 1 aliphatic heterocycles. The van der Waals surface area contributed by atoms with E-state index in [4.69, 9.17) is 4.74 Å². The van der Waals surface area contributed by atoms with E-state index < -0.39 is 23.8 Å². The van der Waals surface area contributed by atoms with Crippen LogP contribution in [0.5, 0.6) is 0 Å². The molecule has 184 valence electrons. The van der Waals surface area contributed by atoms with Crippen molar-refractivity contribution in [3.8, 4) is 0 Å². The minimum Gasteiger partial charge on any atom is -0.460 e. The van der Waals surface area contributed by atoms with Crippen LogP contribution in [-0.4, -0.2) is 46.1 Å². The number of hydrogen-bond acceptors (Lipinski definition) is 5. The van der Waals surface area contributed by atoms with Gasteiger partial charge in [0.15, 0.2) is 0 Å². The van der Waals surface area contributed by atoms with E-state index >= 15 is 0 Å². The number of ether oxygens (including phenoxy) is 1. The topological polar surface area (TPSA) is 70.0 Å². The SMILES string of the molecule is CC(C)N1c2ccccc2[C@H](c2ccc(F)cc2)[C@@H]1/C=C/[C@H](O)C[C@@H](O)CC(=O)OC(C)(C)C. The van der Waals surface area contributed by atoms with Gasteiger partial charge in [-0.2, -0.15) is 0 Å². The third-order valence-corrected chi connectivity index (χ3v) is 5.86. The summed E-state index contributed by atoms with van der Waals surface area (Å²) in [4.78, 5) is 14.3. The van der Waals surface area contributed by atoms with Gasteiger partial charge >= 0.3 is 5.97 Å². The first-order valence-electron chi connectivity index (χ1n) is 11.9. The summed E-state index contributed by atoms with van der Waals surface area (Å²) in [6.07, 6.45) is 1.55. The van der Waals surface area contributed by atoms with Crippen LogP contribution in [0.25, 0.3) is 0 Å². The van der Waals surface area contributed by atoms with Gasteiger partial charge < -0.3 is 19.8 Å². The van der Waals surface area contributed by atoms with Crippen molar-refractivity contribution < 1.29 is 24.1 Å². The summed E-state index contributed by atoms with van der Waals surface area (Å²) in [5.41, 5.74) is 2.63. The second kappa shape index (κ2) is 10.7. The molecule has 34 heavy (non-hydrogen) atoms. The Kier molecular flexibility index (Phi) is 8.16. The number of aliphatic hydroxyl groups excluding tert-OH is 2. The van der Waals surface area contributed by atoms with Gasteiger partial charge in [-0.15, -0.1) is 0 Å². The fourth-order valence-corrected chi connectivity index (χ4v) is 4.62. The number of aliphatic hydroxyl groups is 2. The first kappa shape index (κ1) is 25.9. The Morgan fingerprint density at radius 2 is 1.76 bits per heavy atom. The molecule has 4 atom stereocenters. The molecule has 5 nitrogen and oxygen atoms in total. The molecule has 2 aromatic carbocycles. The quantitative estimate of drug-likeness (QED) is 0.423. The number of fused-ring (bicyclic) bond motifs is 1. The minimum atomic E-state index is -1.01. The zero-order valence-corrected chi connectivity index (χ0v) is 20.6. The van der Waals surface area contributed by atoms with Gasteiger partial charge in [0.2, 0.25) is 0 Å². The molecule has 1 heterocycles. The predicted octanol–water partition coefficient (Wildman–Crippen LogP) is 4.95. The number of hydrogen-bond donors (Lipinski definition) is 2. The zero-order chi connectivity index (χ0) is 25.0. The van der Waals surface area contributed by atoms with Crippen molar-refractivity contribution >= 4 is 11.7 Å². The Hall–Kier alpha value is -2.70. The van der Waals surface area contributed by atoms with Gasteiger partial charge in [0.05, 0.1) is 24.7 Å². The Morgan fingerprint density at radius 3 is 2.38 bits per heavy atom. The van der Waals surface area contributed by atoms with E-state index in [2.05, 4.69) is 30.9 Å². The number of rotatable bonds is 8. The summed E-state index contributed by atoms with van der Waals surface area (Å²) < 4.78 is 18.9. The van der Waals surface area contributed by atoms with Gasteiger partial charge in [-0.05, 0) is 63.9 Å². The molecule has 2 aromatic rings. The second-order valence-electron chi connectivity index (χ2n) is 10.2. The van der Waals surface area contributed by atoms with Gasteiger partial charge in [-0.1, -0.05) is 42.5 Å². The maximum atomic E-state index is 13.6. The molecule has 0 aromatic heterocycles. The molecule has 0 saturated carbocycles. The van der Waals surface area contributed by atoms with Crippen LogP contribution in [0.15, 0.2) is 60.7 Å². The number of para-hydroxylation sites is 1. The molecule has 0 bridgehead atoms. The van der Waals surface area contributed by atoms with Gasteiger partial charge in [0.1, 0.15) is 11.4 Å². The number of carbonyl (C=O) groups is 1. The van der Waals surface area contributed by atoms with Crippen LogP contribution in [0, 0.1) is 5.82 Å². The average molecular weight is 470 g/mol. The Morgan fingerprint density at radius 1 is 1.12 bits per heavy atom. The molecule has 0 fully saturated rings. The predicted molar refractivity (Wildman–Crippen MR) is 132 cm³/mol. The van der Waals surface area contributed by atoms with Crippen molar-refractivity contribution in [3.63, 3.8) is 0 Å². The third kappa shape index (κ3) is 6.45. The lowest BCUT2D eigenvalue weighted by molar-refractivity contribution is -0.157. The smallest absolute Gasteiger partial charge is 0.308 e. The first-order chi connectivity index (χ1) is 16.0. The van der Waals surface area contributed by atoms with E-state index in [-0.39, 0.29) is 36.7 Å². The fraction of sp³-hybridized carbons (Fsp3) is 0.464. The summed E-state index contributed by atoms with van der Waals surface area (Å²) in [5, 5.41) is 20.9. The number of esters is 1. The molecular weight excluding hydrogens is 433 g/mol. The highest BCUT2D eigenvalue weighted by atomic mass is 19.1. The molecule has 0 saturated heterocycles. The van der Waals surface area contributed by atoms with Crippen molar-refractivity contribution in [2.75, 3.05) is 4.90 Å². The van der Waals surface area contributed by atoms with Gasteiger partial charge in [-0.3, -0.25) is 4.79 Å². The number of halogens is 1. The van der Waals surface area contributed by atoms with E-state index in [1.807, 2.05) is 30.3 Å². The standard InChI is InChI=1S/C28H36FNO4/c1-18(2)30-24-9-7-6-8-23(24)27(19-10-12-20(29)13-11-19)25(30)15-14-21(31)16-22(32)17-26(33)34-28(3,4)5/h6-15,18,21-22,25,27,31-32H,16-17H2,1-5H3/b15-14+/t21-,22+,25-,27-/m0/s1. The highest BCUT2D eigenvalue weighted by Gasteiger charge is 2.39. The molecule has 0 unspecified atom stereocenters. The second-order valence-corrected chi connectivity index (χ2v) is 10.2. The largest absolute Gasteiger partial charge is 0.460 e. The first-order valence-corrected chi connectivity index (χ1v) is 11.9. The van der Waals surface area contributed by atoms with Crippen LogP contribution in [-0.2, 0) is 9.53 Å². The Bertz CT molecular complexity index is 996. The van der Waals surface area contributed by atoms with Crippen LogP contribution >= 0.6 is 0 Å².